The second-order valence-corrected chi connectivity index (χ2v) is 4.97. The second-order valence-electron chi connectivity index (χ2n) is 4.97. The fraction of sp³-hybridized carbons (Fsp3) is 0.0588. The van der Waals surface area contributed by atoms with E-state index in [0.717, 1.165) is 22.4 Å². The summed E-state index contributed by atoms with van der Waals surface area (Å²) in [5.41, 5.74) is 10.4. The number of rotatable bonds is 3. The molecule has 0 aliphatic heterocycles. The minimum atomic E-state index is 0.0467. The fourth-order valence-electron chi connectivity index (χ4n) is 2.30. The Kier molecular flexibility index (Phi) is 3.28. The molecule has 1 heterocycles. The van der Waals surface area contributed by atoms with Gasteiger partial charge in [-0.2, -0.15) is 5.10 Å². The van der Waals surface area contributed by atoms with Crippen molar-refractivity contribution in [2.75, 3.05) is 0 Å². The summed E-state index contributed by atoms with van der Waals surface area (Å²) < 4.78 is 1.76. The normalized spacial score (nSPS) is 10.5. The van der Waals surface area contributed by atoms with Crippen molar-refractivity contribution in [3.8, 4) is 16.8 Å². The lowest BCUT2D eigenvalue weighted by Crippen LogP contribution is -2.15. The highest BCUT2D eigenvalue weighted by Gasteiger charge is 2.10. The van der Waals surface area contributed by atoms with Crippen LogP contribution in [-0.4, -0.2) is 15.6 Å². The molecule has 0 unspecified atom stereocenters. The highest BCUT2D eigenvalue weighted by molar-refractivity contribution is 5.98. The van der Waals surface area contributed by atoms with Crippen molar-refractivity contribution in [3.05, 3.63) is 72.1 Å². The molecule has 0 aliphatic carbocycles. The third-order valence-electron chi connectivity index (χ3n) is 3.38. The van der Waals surface area contributed by atoms with Gasteiger partial charge in [-0.25, -0.2) is 4.68 Å². The summed E-state index contributed by atoms with van der Waals surface area (Å²) in [7, 11) is 0. The Morgan fingerprint density at radius 3 is 2.57 bits per heavy atom. The molecule has 3 N–H and O–H groups in total. The molecule has 0 aliphatic rings. The first kappa shape index (κ1) is 13.1. The summed E-state index contributed by atoms with van der Waals surface area (Å²) >= 11 is 0. The fourth-order valence-corrected chi connectivity index (χ4v) is 2.30. The van der Waals surface area contributed by atoms with Gasteiger partial charge < -0.3 is 5.73 Å². The number of nitrogens with one attached hydrogen (secondary N) is 1. The Morgan fingerprint density at radius 2 is 1.86 bits per heavy atom. The van der Waals surface area contributed by atoms with Crippen LogP contribution in [0, 0.1) is 12.3 Å². The van der Waals surface area contributed by atoms with Crippen LogP contribution in [0.15, 0.2) is 60.9 Å². The van der Waals surface area contributed by atoms with Crippen LogP contribution >= 0.6 is 0 Å². The van der Waals surface area contributed by atoms with E-state index in [-0.39, 0.29) is 5.84 Å². The molecular weight excluding hydrogens is 260 g/mol. The van der Waals surface area contributed by atoms with Crippen LogP contribution in [0.25, 0.3) is 16.8 Å². The number of aryl methyl sites for hydroxylation is 1. The zero-order valence-electron chi connectivity index (χ0n) is 11.7. The number of hydrogen-bond acceptors (Lipinski definition) is 2. The van der Waals surface area contributed by atoms with E-state index < -0.39 is 0 Å². The van der Waals surface area contributed by atoms with E-state index in [2.05, 4.69) is 5.10 Å². The summed E-state index contributed by atoms with van der Waals surface area (Å²) in [5.74, 6) is 0.0467. The number of benzene rings is 2. The molecule has 21 heavy (non-hydrogen) atoms. The van der Waals surface area contributed by atoms with Gasteiger partial charge in [0.1, 0.15) is 5.84 Å². The minimum absolute atomic E-state index is 0.0467. The third-order valence-corrected chi connectivity index (χ3v) is 3.38. The van der Waals surface area contributed by atoms with Gasteiger partial charge in [0.05, 0.1) is 11.9 Å². The van der Waals surface area contributed by atoms with Crippen molar-refractivity contribution in [1.82, 2.24) is 9.78 Å². The van der Waals surface area contributed by atoms with Gasteiger partial charge in [-0.1, -0.05) is 42.0 Å². The molecule has 4 nitrogen and oxygen atoms in total. The molecule has 3 rings (SSSR count). The average Bonchev–Trinajstić information content (AvgIpc) is 2.97. The van der Waals surface area contributed by atoms with E-state index in [9.17, 15) is 0 Å². The monoisotopic (exact) mass is 276 g/mol. The predicted molar refractivity (Wildman–Crippen MR) is 84.8 cm³/mol. The van der Waals surface area contributed by atoms with Crippen LogP contribution in [0.2, 0.25) is 0 Å². The second kappa shape index (κ2) is 5.25. The van der Waals surface area contributed by atoms with Crippen molar-refractivity contribution in [3.63, 3.8) is 0 Å². The molecule has 0 saturated heterocycles. The summed E-state index contributed by atoms with van der Waals surface area (Å²) in [4.78, 5) is 0. The molecular formula is C17H16N4. The van der Waals surface area contributed by atoms with Crippen LogP contribution in [-0.2, 0) is 0 Å². The largest absolute Gasteiger partial charge is 0.384 e. The van der Waals surface area contributed by atoms with Crippen molar-refractivity contribution >= 4 is 5.84 Å². The van der Waals surface area contributed by atoms with Gasteiger partial charge in [0, 0.05) is 17.3 Å². The standard InChI is InChI=1S/C17H16N4/c1-12-7-8-16(15(9-12)17(18)19)21-11-14(10-20-21)13-5-3-2-4-6-13/h2-11H,1H3,(H3,18,19). The Labute approximate surface area is 123 Å². The first-order chi connectivity index (χ1) is 10.1. The van der Waals surface area contributed by atoms with Crippen molar-refractivity contribution < 1.29 is 0 Å². The molecule has 0 bridgehead atoms. The van der Waals surface area contributed by atoms with E-state index in [1.54, 1.807) is 4.68 Å². The molecule has 0 amide bonds. The van der Waals surface area contributed by atoms with Crippen LogP contribution in [0.3, 0.4) is 0 Å². The van der Waals surface area contributed by atoms with Gasteiger partial charge in [-0.15, -0.1) is 0 Å². The van der Waals surface area contributed by atoms with E-state index in [1.165, 1.54) is 0 Å². The number of nitrogens with zero attached hydrogens (tertiary/aromatic N) is 2. The van der Waals surface area contributed by atoms with Crippen molar-refractivity contribution in [2.24, 2.45) is 5.73 Å². The molecule has 0 radical (unpaired) electrons. The Bertz CT molecular complexity index is 788. The van der Waals surface area contributed by atoms with E-state index >= 15 is 0 Å². The van der Waals surface area contributed by atoms with Crippen LogP contribution < -0.4 is 5.73 Å². The number of hydrogen-bond donors (Lipinski definition) is 2. The first-order valence-corrected chi connectivity index (χ1v) is 6.70. The quantitative estimate of drug-likeness (QED) is 0.570. The Balaban J connectivity index is 2.07. The van der Waals surface area contributed by atoms with Gasteiger partial charge in [0.2, 0.25) is 0 Å². The van der Waals surface area contributed by atoms with Gasteiger partial charge in [0.25, 0.3) is 0 Å². The first-order valence-electron chi connectivity index (χ1n) is 6.70. The Hall–Kier alpha value is -2.88. The highest BCUT2D eigenvalue weighted by Crippen LogP contribution is 2.21. The van der Waals surface area contributed by atoms with E-state index in [4.69, 9.17) is 11.1 Å². The zero-order valence-corrected chi connectivity index (χ0v) is 11.7. The molecule has 2 aromatic carbocycles. The lowest BCUT2D eigenvalue weighted by Gasteiger charge is -2.09. The minimum Gasteiger partial charge on any atom is -0.384 e. The number of amidine groups is 1. The van der Waals surface area contributed by atoms with Crippen molar-refractivity contribution in [2.45, 2.75) is 6.92 Å². The van der Waals surface area contributed by atoms with Gasteiger partial charge in [0.15, 0.2) is 0 Å². The van der Waals surface area contributed by atoms with Crippen LogP contribution in [0.4, 0.5) is 0 Å². The molecule has 0 atom stereocenters. The SMILES string of the molecule is Cc1ccc(-n2cc(-c3ccccc3)cn2)c(C(=N)N)c1. The lowest BCUT2D eigenvalue weighted by molar-refractivity contribution is 0.877. The molecule has 0 saturated carbocycles. The molecule has 1 aromatic heterocycles. The average molecular weight is 276 g/mol. The van der Waals surface area contributed by atoms with E-state index in [1.807, 2.05) is 67.8 Å². The Morgan fingerprint density at radius 1 is 1.10 bits per heavy atom. The summed E-state index contributed by atoms with van der Waals surface area (Å²) in [5, 5.41) is 12.1. The molecule has 4 heteroatoms. The topological polar surface area (TPSA) is 67.7 Å². The van der Waals surface area contributed by atoms with Crippen molar-refractivity contribution in [1.29, 1.82) is 5.41 Å². The maximum Gasteiger partial charge on any atom is 0.124 e. The zero-order chi connectivity index (χ0) is 14.8. The van der Waals surface area contributed by atoms with Gasteiger partial charge in [-0.3, -0.25) is 5.41 Å². The summed E-state index contributed by atoms with van der Waals surface area (Å²) in [6.07, 6.45) is 3.77. The molecule has 3 aromatic rings. The summed E-state index contributed by atoms with van der Waals surface area (Å²) in [6.45, 7) is 1.98. The molecule has 0 fully saturated rings. The predicted octanol–water partition coefficient (Wildman–Crippen LogP) is 3.13. The smallest absolute Gasteiger partial charge is 0.124 e. The van der Waals surface area contributed by atoms with Crippen LogP contribution in [0.1, 0.15) is 11.1 Å². The van der Waals surface area contributed by atoms with E-state index in [0.29, 0.717) is 5.56 Å². The maximum absolute atomic E-state index is 7.73. The van der Waals surface area contributed by atoms with Gasteiger partial charge in [-0.05, 0) is 24.6 Å². The number of aromatic nitrogens is 2. The highest BCUT2D eigenvalue weighted by atomic mass is 15.3. The van der Waals surface area contributed by atoms with Crippen LogP contribution in [0.5, 0.6) is 0 Å². The summed E-state index contributed by atoms with van der Waals surface area (Å²) in [6, 6.07) is 15.9. The molecule has 0 spiro atoms. The molecule has 104 valence electrons. The third kappa shape index (κ3) is 2.56. The number of nitrogens with two attached hydrogens (primary N) is 1. The maximum atomic E-state index is 7.73. The number of nitrogen functional groups attached to an aromatic ring is 1. The lowest BCUT2D eigenvalue weighted by atomic mass is 10.1. The van der Waals surface area contributed by atoms with Gasteiger partial charge >= 0.3 is 0 Å².